The van der Waals surface area contributed by atoms with Gasteiger partial charge in [0.2, 0.25) is 0 Å². The number of aliphatic hydroxyl groups is 1. The highest BCUT2D eigenvalue weighted by Gasteiger charge is 2.31. The Morgan fingerprint density at radius 1 is 0.933 bits per heavy atom. The van der Waals surface area contributed by atoms with E-state index in [-0.39, 0.29) is 6.10 Å². The van der Waals surface area contributed by atoms with E-state index >= 15 is 0 Å². The van der Waals surface area contributed by atoms with Gasteiger partial charge in [0, 0.05) is 19.3 Å². The lowest BCUT2D eigenvalue weighted by molar-refractivity contribution is -0.0259. The van der Waals surface area contributed by atoms with E-state index < -0.39 is 0 Å². The van der Waals surface area contributed by atoms with Crippen LogP contribution in [0.3, 0.4) is 0 Å². The van der Waals surface area contributed by atoms with Gasteiger partial charge < -0.3 is 15.6 Å². The summed E-state index contributed by atoms with van der Waals surface area (Å²) in [5.41, 5.74) is 5.87. The number of hydrogen-bond donors (Lipinski definition) is 2. The van der Waals surface area contributed by atoms with Crippen molar-refractivity contribution in [1.82, 2.24) is 0 Å². The summed E-state index contributed by atoms with van der Waals surface area (Å²) in [6, 6.07) is 0.378. The third-order valence-corrected chi connectivity index (χ3v) is 4.05. The third-order valence-electron chi connectivity index (χ3n) is 4.05. The second kappa shape index (κ2) is 5.28. The highest BCUT2D eigenvalue weighted by molar-refractivity contribution is 4.83. The van der Waals surface area contributed by atoms with Gasteiger partial charge in [-0.1, -0.05) is 0 Å². The van der Waals surface area contributed by atoms with Crippen LogP contribution in [0.2, 0.25) is 0 Å². The molecule has 3 nitrogen and oxygen atoms in total. The summed E-state index contributed by atoms with van der Waals surface area (Å²) in [5.74, 6) is 0.964. The fraction of sp³-hybridized carbons (Fsp3) is 1.00. The van der Waals surface area contributed by atoms with Gasteiger partial charge in [0.1, 0.15) is 0 Å². The molecule has 0 aromatic heterocycles. The molecule has 1 saturated heterocycles. The number of nitrogens with two attached hydrogens (primary N) is 1. The van der Waals surface area contributed by atoms with Crippen molar-refractivity contribution in [2.45, 2.75) is 50.7 Å². The third kappa shape index (κ3) is 2.92. The van der Waals surface area contributed by atoms with Crippen LogP contribution >= 0.6 is 0 Å². The highest BCUT2D eigenvalue weighted by Crippen LogP contribution is 2.32. The van der Waals surface area contributed by atoms with E-state index in [0.29, 0.717) is 17.9 Å². The molecule has 0 spiro atoms. The molecule has 2 fully saturated rings. The molecule has 2 rings (SSSR count). The lowest BCUT2D eigenvalue weighted by atomic mass is 9.77. The Morgan fingerprint density at radius 3 is 2.07 bits per heavy atom. The van der Waals surface area contributed by atoms with Crippen molar-refractivity contribution in [2.75, 3.05) is 13.2 Å². The minimum Gasteiger partial charge on any atom is -0.393 e. The van der Waals surface area contributed by atoms with Gasteiger partial charge >= 0.3 is 0 Å². The lowest BCUT2D eigenvalue weighted by Gasteiger charge is -2.35. The fourth-order valence-corrected chi connectivity index (χ4v) is 2.93. The molecular formula is C12H23NO2. The van der Waals surface area contributed by atoms with E-state index in [1.165, 1.54) is 0 Å². The highest BCUT2D eigenvalue weighted by atomic mass is 16.5. The van der Waals surface area contributed by atoms with Crippen molar-refractivity contribution in [3.8, 4) is 0 Å². The largest absolute Gasteiger partial charge is 0.393 e. The predicted molar refractivity (Wildman–Crippen MR) is 59.5 cm³/mol. The monoisotopic (exact) mass is 213 g/mol. The van der Waals surface area contributed by atoms with Gasteiger partial charge in [-0.25, -0.2) is 0 Å². The number of rotatable bonds is 2. The summed E-state index contributed by atoms with van der Waals surface area (Å²) < 4.78 is 5.32. The molecule has 0 bridgehead atoms. The first-order chi connectivity index (χ1) is 7.27. The zero-order chi connectivity index (χ0) is 10.7. The van der Waals surface area contributed by atoms with Crippen molar-refractivity contribution in [2.24, 2.45) is 17.6 Å². The van der Waals surface area contributed by atoms with E-state index in [1.54, 1.807) is 0 Å². The molecule has 2 aliphatic rings. The Hall–Kier alpha value is -0.120. The van der Waals surface area contributed by atoms with Crippen LogP contribution in [0.4, 0.5) is 0 Å². The Balaban J connectivity index is 1.81. The number of ether oxygens (including phenoxy) is 1. The smallest absolute Gasteiger partial charge is 0.0598 e. The molecule has 0 aromatic carbocycles. The zero-order valence-corrected chi connectivity index (χ0v) is 9.40. The van der Waals surface area contributed by atoms with Crippen molar-refractivity contribution >= 4 is 0 Å². The van der Waals surface area contributed by atoms with Crippen LogP contribution in [0.1, 0.15) is 38.5 Å². The SMILES string of the molecule is NC1CCC(C(O)C2CCOCC2)CC1. The normalized spacial score (nSPS) is 36.4. The summed E-state index contributed by atoms with van der Waals surface area (Å²) in [7, 11) is 0. The van der Waals surface area contributed by atoms with Gasteiger partial charge in [-0.2, -0.15) is 0 Å². The molecule has 0 aromatic rings. The molecule has 1 atom stereocenters. The van der Waals surface area contributed by atoms with Crippen LogP contribution in [-0.2, 0) is 4.74 Å². The summed E-state index contributed by atoms with van der Waals surface area (Å²) in [4.78, 5) is 0. The average Bonchev–Trinajstić information content (AvgIpc) is 2.30. The van der Waals surface area contributed by atoms with Crippen LogP contribution in [0.5, 0.6) is 0 Å². The van der Waals surface area contributed by atoms with E-state index in [4.69, 9.17) is 10.5 Å². The minimum absolute atomic E-state index is 0.110. The summed E-state index contributed by atoms with van der Waals surface area (Å²) >= 11 is 0. The molecule has 1 saturated carbocycles. The first-order valence-electron chi connectivity index (χ1n) is 6.29. The van der Waals surface area contributed by atoms with Gasteiger partial charge in [0.15, 0.2) is 0 Å². The van der Waals surface area contributed by atoms with Crippen LogP contribution in [0.25, 0.3) is 0 Å². The first kappa shape index (κ1) is 11.4. The molecule has 1 aliphatic heterocycles. The Morgan fingerprint density at radius 2 is 1.47 bits per heavy atom. The van der Waals surface area contributed by atoms with Crippen molar-refractivity contribution in [3.05, 3.63) is 0 Å². The topological polar surface area (TPSA) is 55.5 Å². The summed E-state index contributed by atoms with van der Waals surface area (Å²) in [6.07, 6.45) is 6.35. The van der Waals surface area contributed by atoms with Crippen molar-refractivity contribution < 1.29 is 9.84 Å². The molecule has 0 radical (unpaired) electrons. The maximum atomic E-state index is 10.3. The Kier molecular flexibility index (Phi) is 4.00. The molecule has 0 amide bonds. The van der Waals surface area contributed by atoms with E-state index in [2.05, 4.69) is 0 Å². The van der Waals surface area contributed by atoms with E-state index in [9.17, 15) is 5.11 Å². The second-order valence-corrected chi connectivity index (χ2v) is 5.12. The lowest BCUT2D eigenvalue weighted by Crippen LogP contribution is -2.37. The maximum absolute atomic E-state index is 10.3. The maximum Gasteiger partial charge on any atom is 0.0598 e. The average molecular weight is 213 g/mol. The van der Waals surface area contributed by atoms with E-state index in [0.717, 1.165) is 51.7 Å². The van der Waals surface area contributed by atoms with E-state index in [1.807, 2.05) is 0 Å². The van der Waals surface area contributed by atoms with Crippen LogP contribution < -0.4 is 5.73 Å². The van der Waals surface area contributed by atoms with Gasteiger partial charge in [0.05, 0.1) is 6.10 Å². The standard InChI is InChI=1S/C12H23NO2/c13-11-3-1-9(2-4-11)12(14)10-5-7-15-8-6-10/h9-12,14H,1-8,13H2. The number of aliphatic hydroxyl groups excluding tert-OH is 1. The van der Waals surface area contributed by atoms with Gasteiger partial charge in [-0.3, -0.25) is 0 Å². The summed E-state index contributed by atoms with van der Waals surface area (Å²) in [6.45, 7) is 1.65. The number of hydrogen-bond acceptors (Lipinski definition) is 3. The fourth-order valence-electron chi connectivity index (χ4n) is 2.93. The molecule has 3 heteroatoms. The van der Waals surface area contributed by atoms with Crippen LogP contribution in [0.15, 0.2) is 0 Å². The Labute approximate surface area is 92.0 Å². The molecule has 1 aliphatic carbocycles. The molecule has 3 N–H and O–H groups in total. The van der Waals surface area contributed by atoms with Gasteiger partial charge in [-0.05, 0) is 50.4 Å². The van der Waals surface area contributed by atoms with Gasteiger partial charge in [0.25, 0.3) is 0 Å². The summed E-state index contributed by atoms with van der Waals surface area (Å²) in [5, 5.41) is 10.3. The second-order valence-electron chi connectivity index (χ2n) is 5.12. The molecule has 88 valence electrons. The van der Waals surface area contributed by atoms with Gasteiger partial charge in [-0.15, -0.1) is 0 Å². The van der Waals surface area contributed by atoms with Crippen molar-refractivity contribution in [1.29, 1.82) is 0 Å². The molecular weight excluding hydrogens is 190 g/mol. The molecule has 1 heterocycles. The zero-order valence-electron chi connectivity index (χ0n) is 9.40. The Bertz CT molecular complexity index is 184. The molecule has 15 heavy (non-hydrogen) atoms. The first-order valence-corrected chi connectivity index (χ1v) is 6.29. The molecule has 1 unspecified atom stereocenters. The van der Waals surface area contributed by atoms with Crippen molar-refractivity contribution in [3.63, 3.8) is 0 Å². The minimum atomic E-state index is -0.110. The van der Waals surface area contributed by atoms with Crippen LogP contribution in [-0.4, -0.2) is 30.5 Å². The predicted octanol–water partition coefficient (Wildman–Crippen LogP) is 1.29. The quantitative estimate of drug-likeness (QED) is 0.727. The van der Waals surface area contributed by atoms with Crippen LogP contribution in [0, 0.1) is 11.8 Å².